The molecule has 0 fully saturated rings. The Morgan fingerprint density at radius 1 is 1.15 bits per heavy atom. The number of hydrogen-bond acceptors (Lipinski definition) is 3. The first-order valence-electron chi connectivity index (χ1n) is 7.36. The number of hydrogen-bond donors (Lipinski definition) is 2. The summed E-state index contributed by atoms with van der Waals surface area (Å²) in [5.41, 5.74) is 1.08. The van der Waals surface area contributed by atoms with Gasteiger partial charge in [-0.05, 0) is 30.7 Å². The van der Waals surface area contributed by atoms with Gasteiger partial charge < -0.3 is 15.4 Å². The van der Waals surface area contributed by atoms with Gasteiger partial charge in [-0.25, -0.2) is 0 Å². The number of nitrogens with one attached hydrogen (secondary N) is 2. The van der Waals surface area contributed by atoms with Gasteiger partial charge in [-0.1, -0.05) is 31.9 Å². The molecule has 20 heavy (non-hydrogen) atoms. The number of benzene rings is 1. The van der Waals surface area contributed by atoms with Gasteiger partial charge in [0.05, 0.1) is 7.11 Å². The first-order valence-corrected chi connectivity index (χ1v) is 7.36. The lowest BCUT2D eigenvalue weighted by atomic mass is 10.2. The minimum Gasteiger partial charge on any atom is -0.497 e. The van der Waals surface area contributed by atoms with Crippen LogP contribution < -0.4 is 15.4 Å². The van der Waals surface area contributed by atoms with Gasteiger partial charge in [0.25, 0.3) is 0 Å². The van der Waals surface area contributed by atoms with Gasteiger partial charge in [-0.3, -0.25) is 4.79 Å². The fourth-order valence-corrected chi connectivity index (χ4v) is 1.86. The number of unbranched alkanes of at least 4 members (excludes halogenated alkanes) is 2. The Labute approximate surface area is 121 Å². The number of methoxy groups -OCH3 is 1. The number of carbonyl (C=O) groups excluding carboxylic acids is 1. The molecule has 0 atom stereocenters. The van der Waals surface area contributed by atoms with E-state index in [0.717, 1.165) is 24.4 Å². The lowest BCUT2D eigenvalue weighted by Gasteiger charge is -2.07. The topological polar surface area (TPSA) is 50.4 Å². The van der Waals surface area contributed by atoms with E-state index in [9.17, 15) is 4.79 Å². The van der Waals surface area contributed by atoms with E-state index in [1.54, 1.807) is 7.11 Å². The zero-order chi connectivity index (χ0) is 14.6. The second kappa shape index (κ2) is 10.3. The molecular formula is C16H26N2O2. The van der Waals surface area contributed by atoms with Crippen molar-refractivity contribution < 1.29 is 9.53 Å². The van der Waals surface area contributed by atoms with Crippen molar-refractivity contribution in [3.63, 3.8) is 0 Å². The summed E-state index contributed by atoms with van der Waals surface area (Å²) in [6.45, 7) is 4.50. The van der Waals surface area contributed by atoms with Crippen LogP contribution in [-0.2, 0) is 11.3 Å². The van der Waals surface area contributed by atoms with Crippen LogP contribution in [0, 0.1) is 0 Å². The van der Waals surface area contributed by atoms with E-state index in [1.165, 1.54) is 19.3 Å². The molecule has 1 amide bonds. The van der Waals surface area contributed by atoms with Crippen molar-refractivity contribution in [1.29, 1.82) is 0 Å². The number of rotatable bonds is 10. The van der Waals surface area contributed by atoms with Crippen LogP contribution in [0.4, 0.5) is 0 Å². The van der Waals surface area contributed by atoms with E-state index in [0.29, 0.717) is 13.0 Å². The Morgan fingerprint density at radius 3 is 2.55 bits per heavy atom. The van der Waals surface area contributed by atoms with Crippen LogP contribution in [-0.4, -0.2) is 26.1 Å². The van der Waals surface area contributed by atoms with Crippen LogP contribution in [0.5, 0.6) is 5.75 Å². The molecule has 0 unspecified atom stereocenters. The fraction of sp³-hybridized carbons (Fsp3) is 0.562. The van der Waals surface area contributed by atoms with Crippen LogP contribution in [0.15, 0.2) is 24.3 Å². The van der Waals surface area contributed by atoms with Gasteiger partial charge in [0, 0.05) is 19.5 Å². The minimum atomic E-state index is 0.0869. The molecule has 0 bridgehead atoms. The van der Waals surface area contributed by atoms with Crippen molar-refractivity contribution in [3.8, 4) is 5.75 Å². The van der Waals surface area contributed by atoms with Crippen molar-refractivity contribution in [2.24, 2.45) is 0 Å². The lowest BCUT2D eigenvalue weighted by molar-refractivity contribution is -0.121. The second-order valence-corrected chi connectivity index (χ2v) is 4.83. The van der Waals surface area contributed by atoms with Crippen molar-refractivity contribution >= 4 is 5.91 Å². The van der Waals surface area contributed by atoms with Gasteiger partial charge >= 0.3 is 0 Å². The molecule has 0 aromatic heterocycles. The third-order valence-electron chi connectivity index (χ3n) is 3.13. The second-order valence-electron chi connectivity index (χ2n) is 4.83. The van der Waals surface area contributed by atoms with E-state index < -0.39 is 0 Å². The molecule has 4 nitrogen and oxygen atoms in total. The molecule has 0 saturated carbocycles. The standard InChI is InChI=1S/C16H26N2O2/c1-3-4-5-11-17-12-10-16(19)18-13-14-6-8-15(20-2)9-7-14/h6-9,17H,3-5,10-13H2,1-2H3,(H,18,19). The minimum absolute atomic E-state index is 0.0869. The Hall–Kier alpha value is -1.55. The van der Waals surface area contributed by atoms with E-state index >= 15 is 0 Å². The highest BCUT2D eigenvalue weighted by Gasteiger charge is 2.01. The summed E-state index contributed by atoms with van der Waals surface area (Å²) in [5, 5.41) is 6.21. The zero-order valence-corrected chi connectivity index (χ0v) is 12.6. The maximum absolute atomic E-state index is 11.7. The molecule has 0 saturated heterocycles. The Bertz CT molecular complexity index is 377. The first-order chi connectivity index (χ1) is 9.76. The molecule has 0 aliphatic carbocycles. The molecule has 0 heterocycles. The Morgan fingerprint density at radius 2 is 1.90 bits per heavy atom. The summed E-state index contributed by atoms with van der Waals surface area (Å²) in [4.78, 5) is 11.7. The molecular weight excluding hydrogens is 252 g/mol. The highest BCUT2D eigenvalue weighted by molar-refractivity contribution is 5.76. The van der Waals surface area contributed by atoms with Gasteiger partial charge in [0.1, 0.15) is 5.75 Å². The van der Waals surface area contributed by atoms with Gasteiger partial charge in [0.15, 0.2) is 0 Å². The molecule has 0 spiro atoms. The maximum Gasteiger partial charge on any atom is 0.221 e. The predicted octanol–water partition coefficient (Wildman–Crippen LogP) is 2.48. The summed E-state index contributed by atoms with van der Waals surface area (Å²) in [6, 6.07) is 7.72. The highest BCUT2D eigenvalue weighted by Crippen LogP contribution is 2.10. The molecule has 112 valence electrons. The maximum atomic E-state index is 11.7. The van der Waals surface area contributed by atoms with E-state index in [-0.39, 0.29) is 5.91 Å². The van der Waals surface area contributed by atoms with Crippen molar-refractivity contribution in [2.75, 3.05) is 20.2 Å². The van der Waals surface area contributed by atoms with Crippen LogP contribution in [0.25, 0.3) is 0 Å². The van der Waals surface area contributed by atoms with Crippen LogP contribution >= 0.6 is 0 Å². The quantitative estimate of drug-likeness (QED) is 0.646. The summed E-state index contributed by atoms with van der Waals surface area (Å²) in [6.07, 6.45) is 4.19. The number of amides is 1. The third-order valence-corrected chi connectivity index (χ3v) is 3.13. The summed E-state index contributed by atoms with van der Waals surface area (Å²) >= 11 is 0. The molecule has 0 aliphatic rings. The van der Waals surface area contributed by atoms with Crippen LogP contribution in [0.1, 0.15) is 38.2 Å². The normalized spacial score (nSPS) is 10.3. The van der Waals surface area contributed by atoms with E-state index in [1.807, 2.05) is 24.3 Å². The fourth-order valence-electron chi connectivity index (χ4n) is 1.86. The van der Waals surface area contributed by atoms with Crippen LogP contribution in [0.2, 0.25) is 0 Å². The summed E-state index contributed by atoms with van der Waals surface area (Å²) in [7, 11) is 1.64. The average molecular weight is 278 g/mol. The van der Waals surface area contributed by atoms with Crippen molar-refractivity contribution in [2.45, 2.75) is 39.2 Å². The molecule has 1 aromatic carbocycles. The van der Waals surface area contributed by atoms with E-state index in [2.05, 4.69) is 17.6 Å². The first kappa shape index (κ1) is 16.5. The lowest BCUT2D eigenvalue weighted by Crippen LogP contribution is -2.27. The smallest absolute Gasteiger partial charge is 0.221 e. The predicted molar refractivity (Wildman–Crippen MR) is 81.9 cm³/mol. The SMILES string of the molecule is CCCCCNCCC(=O)NCc1ccc(OC)cc1. The third kappa shape index (κ3) is 7.14. The molecule has 0 radical (unpaired) electrons. The number of carbonyl (C=O) groups is 1. The van der Waals surface area contributed by atoms with Crippen LogP contribution in [0.3, 0.4) is 0 Å². The van der Waals surface area contributed by atoms with Gasteiger partial charge in [0.2, 0.25) is 5.91 Å². The largest absolute Gasteiger partial charge is 0.497 e. The van der Waals surface area contributed by atoms with Gasteiger partial charge in [-0.15, -0.1) is 0 Å². The molecule has 1 rings (SSSR count). The molecule has 0 aliphatic heterocycles. The van der Waals surface area contributed by atoms with Crippen molar-refractivity contribution in [1.82, 2.24) is 10.6 Å². The van der Waals surface area contributed by atoms with Gasteiger partial charge in [-0.2, -0.15) is 0 Å². The molecule has 2 N–H and O–H groups in total. The number of ether oxygens (including phenoxy) is 1. The zero-order valence-electron chi connectivity index (χ0n) is 12.6. The Balaban J connectivity index is 2.10. The summed E-state index contributed by atoms with van der Waals surface area (Å²) < 4.78 is 5.09. The molecule has 1 aromatic rings. The monoisotopic (exact) mass is 278 g/mol. The average Bonchev–Trinajstić information content (AvgIpc) is 2.49. The summed E-state index contributed by atoms with van der Waals surface area (Å²) in [5.74, 6) is 0.917. The molecule has 4 heteroatoms. The van der Waals surface area contributed by atoms with Crippen molar-refractivity contribution in [3.05, 3.63) is 29.8 Å². The van der Waals surface area contributed by atoms with E-state index in [4.69, 9.17) is 4.74 Å². The Kier molecular flexibility index (Phi) is 8.47. The highest BCUT2D eigenvalue weighted by atomic mass is 16.5.